The standard InChI is InChI=1S/C7H4F3.BrH.Zn/c1-4-2-5(8)7(10)6(9)3-4;;/h2-3H,1H2;1H;/q;;+1/p-1. The number of hydrogen-bond donors (Lipinski definition) is 0. The molecule has 0 atom stereocenters. The van der Waals surface area contributed by atoms with E-state index in [9.17, 15) is 13.2 Å². The minimum absolute atomic E-state index is 0. The van der Waals surface area contributed by atoms with Crippen LogP contribution < -0.4 is 17.0 Å². The van der Waals surface area contributed by atoms with Gasteiger partial charge in [0.15, 0.2) is 0 Å². The third-order valence-electron chi connectivity index (χ3n) is 1.33. The number of benzene rings is 1. The first kappa shape index (κ1) is 12.1. The molecule has 0 spiro atoms. The van der Waals surface area contributed by atoms with Gasteiger partial charge in [0, 0.05) is 0 Å². The predicted octanol–water partition coefficient (Wildman–Crippen LogP) is -0.845. The molecule has 0 N–H and O–H groups in total. The van der Waals surface area contributed by atoms with Gasteiger partial charge in [-0.05, 0) is 0 Å². The molecule has 12 heavy (non-hydrogen) atoms. The summed E-state index contributed by atoms with van der Waals surface area (Å²) in [6.07, 6.45) is 0. The molecule has 1 rings (SSSR count). The van der Waals surface area contributed by atoms with Gasteiger partial charge in [-0.1, -0.05) is 0 Å². The number of hydrogen-bond acceptors (Lipinski definition) is 0. The molecule has 0 aliphatic carbocycles. The monoisotopic (exact) mass is 288 g/mol. The van der Waals surface area contributed by atoms with Crippen molar-refractivity contribution in [1.29, 1.82) is 0 Å². The van der Waals surface area contributed by atoms with Crippen molar-refractivity contribution < 1.29 is 48.5 Å². The molecule has 0 amide bonds. The van der Waals surface area contributed by atoms with Gasteiger partial charge in [-0.3, -0.25) is 0 Å². The van der Waals surface area contributed by atoms with Gasteiger partial charge in [0.2, 0.25) is 0 Å². The Kier molecular flexibility index (Phi) is 5.02. The SMILES string of the molecule is Fc1cc([CH2][Zn+])cc(F)c1F.[Br-]. The molecular weight excluding hydrogens is 286 g/mol. The van der Waals surface area contributed by atoms with Crippen molar-refractivity contribution in [3.05, 3.63) is 35.1 Å². The Morgan fingerprint density at radius 1 is 1.08 bits per heavy atom. The van der Waals surface area contributed by atoms with Crippen LogP contribution in [0.5, 0.6) is 0 Å². The zero-order valence-electron chi connectivity index (χ0n) is 6.08. The summed E-state index contributed by atoms with van der Waals surface area (Å²) in [7, 11) is 0. The summed E-state index contributed by atoms with van der Waals surface area (Å²) in [5, 5.41) is 0.619. The van der Waals surface area contributed by atoms with Crippen LogP contribution in [0.3, 0.4) is 0 Å². The van der Waals surface area contributed by atoms with E-state index in [0.29, 0.717) is 10.6 Å². The van der Waals surface area contributed by atoms with E-state index in [1.54, 1.807) is 0 Å². The maximum Gasteiger partial charge on any atom is -1.00 e. The average molecular weight is 290 g/mol. The molecule has 0 fully saturated rings. The predicted molar refractivity (Wildman–Crippen MR) is 30.0 cm³/mol. The van der Waals surface area contributed by atoms with Crippen molar-refractivity contribution in [3.63, 3.8) is 0 Å². The fraction of sp³-hybridized carbons (Fsp3) is 0.143. The van der Waals surface area contributed by atoms with Crippen molar-refractivity contribution in [2.45, 2.75) is 5.02 Å². The fourth-order valence-electron chi connectivity index (χ4n) is 0.752. The molecule has 5 heteroatoms. The molecule has 62 valence electrons. The van der Waals surface area contributed by atoms with Crippen LogP contribution >= 0.6 is 0 Å². The molecule has 1 aromatic rings. The molecule has 0 heterocycles. The maximum absolute atomic E-state index is 12.4. The minimum Gasteiger partial charge on any atom is -1.00 e. The van der Waals surface area contributed by atoms with Crippen LogP contribution in [0.1, 0.15) is 5.56 Å². The zero-order chi connectivity index (χ0) is 8.43. The number of rotatable bonds is 1. The topological polar surface area (TPSA) is 0 Å². The molecule has 0 aliphatic heterocycles. The summed E-state index contributed by atoms with van der Waals surface area (Å²) in [6, 6.07) is 2.06. The molecule has 0 aliphatic rings. The van der Waals surface area contributed by atoms with Crippen molar-refractivity contribution in [2.24, 2.45) is 0 Å². The fourth-order valence-corrected chi connectivity index (χ4v) is 1.36. The first-order chi connectivity index (χ1) is 5.15. The molecule has 0 bridgehead atoms. The zero-order valence-corrected chi connectivity index (χ0v) is 10.6. The van der Waals surface area contributed by atoms with Crippen LogP contribution in [0.25, 0.3) is 0 Å². The molecule has 0 saturated heterocycles. The summed E-state index contributed by atoms with van der Waals surface area (Å²) in [5.74, 6) is -3.59. The van der Waals surface area contributed by atoms with Gasteiger partial charge in [-0.2, -0.15) is 0 Å². The Hall–Kier alpha value is 0.113. The Morgan fingerprint density at radius 3 is 1.83 bits per heavy atom. The van der Waals surface area contributed by atoms with Crippen LogP contribution in [0.4, 0.5) is 13.2 Å². The molecule has 0 nitrogen and oxygen atoms in total. The second-order valence-corrected chi connectivity index (χ2v) is 3.17. The van der Waals surface area contributed by atoms with E-state index in [0.717, 1.165) is 30.4 Å². The molecule has 0 radical (unpaired) electrons. The van der Waals surface area contributed by atoms with Crippen LogP contribution in [0.15, 0.2) is 12.1 Å². The van der Waals surface area contributed by atoms with Gasteiger partial charge in [0.25, 0.3) is 0 Å². The van der Waals surface area contributed by atoms with Crippen molar-refractivity contribution in [1.82, 2.24) is 0 Å². The summed E-state index contributed by atoms with van der Waals surface area (Å²) in [4.78, 5) is 0. The quantitative estimate of drug-likeness (QED) is 0.467. The maximum atomic E-state index is 12.4. The largest absolute Gasteiger partial charge is 1.00 e. The van der Waals surface area contributed by atoms with Gasteiger partial charge in [-0.15, -0.1) is 0 Å². The Balaban J connectivity index is 0.00000121. The van der Waals surface area contributed by atoms with Crippen LogP contribution in [-0.4, -0.2) is 0 Å². The van der Waals surface area contributed by atoms with Gasteiger partial charge in [-0.25, -0.2) is 0 Å². The Labute approximate surface area is 88.6 Å². The Bertz CT molecular complexity index is 254. The third-order valence-corrected chi connectivity index (χ3v) is 2.54. The minimum atomic E-state index is -1.39. The molecule has 0 aromatic heterocycles. The summed E-state index contributed by atoms with van der Waals surface area (Å²) in [5.41, 5.74) is 0.515. The Morgan fingerprint density at radius 2 is 1.50 bits per heavy atom. The second-order valence-electron chi connectivity index (χ2n) is 2.12. The molecule has 0 unspecified atom stereocenters. The molecule has 1 aromatic carbocycles. The number of halogens is 4. The van der Waals surface area contributed by atoms with E-state index < -0.39 is 17.5 Å². The van der Waals surface area contributed by atoms with Gasteiger partial charge in [0.1, 0.15) is 0 Å². The van der Waals surface area contributed by atoms with Crippen molar-refractivity contribution in [3.8, 4) is 0 Å². The summed E-state index contributed by atoms with van der Waals surface area (Å²) >= 11 is 0.907. The first-order valence-electron chi connectivity index (χ1n) is 3.08. The second kappa shape index (κ2) is 4.98. The van der Waals surface area contributed by atoms with E-state index in [-0.39, 0.29) is 17.0 Å². The van der Waals surface area contributed by atoms with E-state index >= 15 is 0 Å². The first-order valence-corrected chi connectivity index (χ1v) is 5.17. The van der Waals surface area contributed by atoms with Gasteiger partial charge in [0.05, 0.1) is 0 Å². The van der Waals surface area contributed by atoms with Crippen LogP contribution in [0, 0.1) is 17.5 Å². The van der Waals surface area contributed by atoms with Gasteiger partial charge < -0.3 is 17.0 Å². The van der Waals surface area contributed by atoms with Crippen LogP contribution in [-0.2, 0) is 23.3 Å². The summed E-state index contributed by atoms with van der Waals surface area (Å²) < 4.78 is 37.2. The van der Waals surface area contributed by atoms with E-state index in [1.807, 2.05) is 0 Å². The van der Waals surface area contributed by atoms with Crippen molar-refractivity contribution >= 4 is 0 Å². The van der Waals surface area contributed by atoms with E-state index in [1.165, 1.54) is 0 Å². The van der Waals surface area contributed by atoms with Crippen LogP contribution in [0.2, 0.25) is 0 Å². The normalized spacial score (nSPS) is 9.42. The van der Waals surface area contributed by atoms with E-state index in [2.05, 4.69) is 0 Å². The van der Waals surface area contributed by atoms with Crippen molar-refractivity contribution in [2.75, 3.05) is 0 Å². The summed E-state index contributed by atoms with van der Waals surface area (Å²) in [6.45, 7) is 0. The molecule has 0 saturated carbocycles. The van der Waals surface area contributed by atoms with E-state index in [4.69, 9.17) is 0 Å². The smallest absolute Gasteiger partial charge is 1.00 e. The third kappa shape index (κ3) is 2.56. The molecular formula is C7H4BrF3Zn. The van der Waals surface area contributed by atoms with Gasteiger partial charge >= 0.3 is 71.6 Å². The average Bonchev–Trinajstić information content (AvgIpc) is 1.99.